The number of hydrogen-bond donors (Lipinski definition) is 0. The summed E-state index contributed by atoms with van der Waals surface area (Å²) >= 11 is 0. The van der Waals surface area contributed by atoms with Crippen LogP contribution in [0.5, 0.6) is 0 Å². The average Bonchev–Trinajstić information content (AvgIpc) is 1.83. The van der Waals surface area contributed by atoms with Crippen LogP contribution in [-0.4, -0.2) is 4.40 Å². The predicted octanol–water partition coefficient (Wildman–Crippen LogP) is 23.4. The summed E-state index contributed by atoms with van der Waals surface area (Å²) in [4.78, 5) is 4.83. The largest absolute Gasteiger partial charge is 0.456 e. The zero-order valence-electron chi connectivity index (χ0n) is 50.6. The van der Waals surface area contributed by atoms with E-state index in [1.807, 2.05) is 13.0 Å². The third-order valence-electron chi connectivity index (χ3n) is 17.4. The van der Waals surface area contributed by atoms with Crippen LogP contribution < -0.4 is 9.80 Å². The predicted molar refractivity (Wildman–Crippen MR) is 360 cm³/mol. The van der Waals surface area contributed by atoms with E-state index < -0.39 is 0 Å². The van der Waals surface area contributed by atoms with Crippen molar-refractivity contribution in [3.05, 3.63) is 234 Å². The highest BCUT2D eigenvalue weighted by atomic mass is 16.3. The summed E-state index contributed by atoms with van der Waals surface area (Å²) in [6.45, 7) is 33.5. The van der Waals surface area contributed by atoms with Crippen LogP contribution in [0.2, 0.25) is 0 Å². The van der Waals surface area contributed by atoms with Crippen molar-refractivity contribution in [2.75, 3.05) is 9.80 Å². The first-order valence-electron chi connectivity index (χ1n) is 29.5. The Hall–Kier alpha value is -8.86. The second-order valence-corrected chi connectivity index (χ2v) is 27.2. The molecule has 0 aliphatic carbocycles. The van der Waals surface area contributed by atoms with Crippen LogP contribution in [0.1, 0.15) is 124 Å². The second kappa shape index (κ2) is 19.4. The number of nitrogens with zero attached hydrogens (tertiary/aromatic N) is 3. The Morgan fingerprint density at radius 3 is 1.11 bits per heavy atom. The second-order valence-electron chi connectivity index (χ2n) is 27.2. The molecule has 0 amide bonds. The number of aromatic nitrogens is 1. The quantitative estimate of drug-likeness (QED) is 0.144. The summed E-state index contributed by atoms with van der Waals surface area (Å²) in [5.41, 5.74) is 19.9. The molecule has 3 heterocycles. The first-order valence-corrected chi connectivity index (χ1v) is 29.5. The average molecular weight is 1080 g/mol. The van der Waals surface area contributed by atoms with Crippen LogP contribution >= 0.6 is 0 Å². The lowest BCUT2D eigenvalue weighted by Crippen LogP contribution is -2.14. The van der Waals surface area contributed by atoms with Crippen molar-refractivity contribution in [1.29, 1.82) is 0 Å². The molecule has 0 aliphatic rings. The van der Waals surface area contributed by atoms with Gasteiger partial charge in [0.15, 0.2) is 0 Å². The first-order chi connectivity index (χ1) is 39.5. The SMILES string of the molecule is C=Cc1oc2ccc(-c3cc4c5cc6ccc(N(c7ccc(C(C)(C)C)cc7)c7ccc(C(C)(C)C)cc7)cc6cc5n5c6cc7cc(N(c8ccc(C(C)(C)C)cc8)c8ccc(C(C)(C)C)cc8)ccc7cc6c(c3)c45)cc2c1/C=C\C. The smallest absolute Gasteiger partial charge is 0.135 e. The van der Waals surface area contributed by atoms with Gasteiger partial charge in [-0.1, -0.05) is 169 Å². The summed E-state index contributed by atoms with van der Waals surface area (Å²) < 4.78 is 8.88. The van der Waals surface area contributed by atoms with Crippen molar-refractivity contribution in [3.8, 4) is 11.1 Å². The Kier molecular flexibility index (Phi) is 12.5. The van der Waals surface area contributed by atoms with Crippen molar-refractivity contribution in [2.24, 2.45) is 0 Å². The zero-order valence-corrected chi connectivity index (χ0v) is 50.6. The Balaban J connectivity index is 1.04. The number of furan rings is 1. The van der Waals surface area contributed by atoms with Crippen LogP contribution in [0.15, 0.2) is 205 Å². The third-order valence-corrected chi connectivity index (χ3v) is 17.4. The van der Waals surface area contributed by atoms with Crippen LogP contribution in [0.3, 0.4) is 0 Å². The van der Waals surface area contributed by atoms with E-state index in [4.69, 9.17) is 4.42 Å². The van der Waals surface area contributed by atoms with E-state index >= 15 is 0 Å². The summed E-state index contributed by atoms with van der Waals surface area (Å²) in [6.07, 6.45) is 6.01. The van der Waals surface area contributed by atoms with Gasteiger partial charge in [-0.05, 0) is 211 Å². The molecule has 0 saturated heterocycles. The van der Waals surface area contributed by atoms with Gasteiger partial charge in [-0.2, -0.15) is 0 Å². The van der Waals surface area contributed by atoms with Crippen LogP contribution in [0.4, 0.5) is 34.1 Å². The topological polar surface area (TPSA) is 24.0 Å². The number of hydrogen-bond acceptors (Lipinski definition) is 3. The molecule has 0 spiro atoms. The molecule has 4 heteroatoms. The van der Waals surface area contributed by atoms with E-state index in [1.54, 1.807) is 0 Å². The number of allylic oxidation sites excluding steroid dienone is 1. The molecule has 3 aromatic heterocycles. The molecular weight excluding hydrogens is 1010 g/mol. The van der Waals surface area contributed by atoms with Gasteiger partial charge < -0.3 is 18.6 Å². The summed E-state index contributed by atoms with van der Waals surface area (Å²) in [7, 11) is 0. The molecule has 0 radical (unpaired) electrons. The minimum absolute atomic E-state index is 0.0405. The Morgan fingerprint density at radius 2 is 0.747 bits per heavy atom. The molecule has 0 bridgehead atoms. The first kappa shape index (κ1) is 53.5. The lowest BCUT2D eigenvalue weighted by atomic mass is 9.86. The van der Waals surface area contributed by atoms with Gasteiger partial charge in [0.2, 0.25) is 0 Å². The monoisotopic (exact) mass is 1080 g/mol. The van der Waals surface area contributed by atoms with E-state index in [0.29, 0.717) is 0 Å². The number of benzene rings is 10. The minimum Gasteiger partial charge on any atom is -0.456 e. The van der Waals surface area contributed by atoms with Crippen molar-refractivity contribution in [1.82, 2.24) is 4.40 Å². The third kappa shape index (κ3) is 9.33. The molecular formula is C79H75N3O. The normalized spacial score (nSPS) is 12.9. The molecule has 10 aromatic carbocycles. The van der Waals surface area contributed by atoms with Crippen LogP contribution in [0.25, 0.3) is 93.9 Å². The number of rotatable bonds is 9. The molecule has 0 fully saturated rings. The summed E-state index contributed by atoms with van der Waals surface area (Å²) in [5, 5.41) is 10.7. The van der Waals surface area contributed by atoms with Crippen molar-refractivity contribution in [2.45, 2.75) is 112 Å². The number of anilines is 6. The summed E-state index contributed by atoms with van der Waals surface area (Å²) in [5.74, 6) is 0.784. The molecule has 13 rings (SSSR count). The Bertz CT molecular complexity index is 4330. The van der Waals surface area contributed by atoms with Gasteiger partial charge in [-0.25, -0.2) is 0 Å². The maximum absolute atomic E-state index is 6.32. The van der Waals surface area contributed by atoms with Gasteiger partial charge in [0.05, 0.1) is 16.6 Å². The van der Waals surface area contributed by atoms with Gasteiger partial charge in [0, 0.05) is 66.6 Å². The van der Waals surface area contributed by atoms with Gasteiger partial charge >= 0.3 is 0 Å². The van der Waals surface area contributed by atoms with E-state index in [-0.39, 0.29) is 21.7 Å². The highest BCUT2D eigenvalue weighted by Gasteiger charge is 2.25. The Labute approximate surface area is 490 Å². The van der Waals surface area contributed by atoms with Gasteiger partial charge in [0.25, 0.3) is 0 Å². The van der Waals surface area contributed by atoms with E-state index in [2.05, 4.69) is 304 Å². The standard InChI is InChI=1S/C79H75N3O/c1-15-17-65-68-44-51(20-39-74(68)83-73(65)16-2)54-45-69-66-42-49-18-29-63(80(59-31-21-55(22-32-59)76(3,4)5)60-33-23-56(24-34-60)77(6,7)8)40-52(49)47-71(66)82-72-48-53-41-64(30-19-50(53)43-67(72)70(46-54)75(69)82)81(61-35-25-57(26-36-61)78(9,10)11)62-37-27-58(28-38-62)79(12,13)14/h15-48H,2H2,1,3-14H3/b17-15-. The Morgan fingerprint density at radius 1 is 0.373 bits per heavy atom. The van der Waals surface area contributed by atoms with E-state index in [1.165, 1.54) is 81.9 Å². The van der Waals surface area contributed by atoms with Crippen molar-refractivity contribution < 1.29 is 4.42 Å². The van der Waals surface area contributed by atoms with E-state index in [0.717, 1.165) is 67.5 Å². The molecule has 0 atom stereocenters. The molecule has 13 aromatic rings. The van der Waals surface area contributed by atoms with Gasteiger partial charge in [-0.3, -0.25) is 0 Å². The molecule has 412 valence electrons. The summed E-state index contributed by atoms with van der Waals surface area (Å²) in [6, 6.07) is 71.8. The molecule has 83 heavy (non-hydrogen) atoms. The molecule has 0 unspecified atom stereocenters. The van der Waals surface area contributed by atoms with Gasteiger partial charge in [0.1, 0.15) is 11.3 Å². The maximum atomic E-state index is 6.32. The van der Waals surface area contributed by atoms with Crippen LogP contribution in [0, 0.1) is 0 Å². The number of fused-ring (bicyclic) bond motifs is 9. The lowest BCUT2D eigenvalue weighted by molar-refractivity contribution is 0.590. The highest BCUT2D eigenvalue weighted by molar-refractivity contribution is 6.27. The van der Waals surface area contributed by atoms with Crippen molar-refractivity contribution in [3.63, 3.8) is 0 Å². The highest BCUT2D eigenvalue weighted by Crippen LogP contribution is 2.47. The van der Waals surface area contributed by atoms with Crippen molar-refractivity contribution >= 4 is 117 Å². The molecule has 0 saturated carbocycles. The van der Waals surface area contributed by atoms with Crippen LogP contribution in [-0.2, 0) is 21.7 Å². The minimum atomic E-state index is 0.0405. The maximum Gasteiger partial charge on any atom is 0.135 e. The molecule has 0 N–H and O–H groups in total. The fourth-order valence-corrected chi connectivity index (χ4v) is 12.6. The lowest BCUT2D eigenvalue weighted by Gasteiger charge is -2.28. The zero-order chi connectivity index (χ0) is 58.1. The van der Waals surface area contributed by atoms with E-state index in [9.17, 15) is 0 Å². The molecule has 4 nitrogen and oxygen atoms in total. The fraction of sp³-hybridized carbons (Fsp3) is 0.215. The molecule has 0 aliphatic heterocycles. The fourth-order valence-electron chi connectivity index (χ4n) is 12.6. The van der Waals surface area contributed by atoms with Gasteiger partial charge in [-0.15, -0.1) is 0 Å².